The zero-order valence-corrected chi connectivity index (χ0v) is 13.6. The number of pyridine rings is 1. The van der Waals surface area contributed by atoms with Gasteiger partial charge in [0.2, 0.25) is 5.88 Å². The third kappa shape index (κ3) is 3.07. The maximum Gasteiger partial charge on any atom is 0.388 e. The first kappa shape index (κ1) is 16.3. The molecule has 0 aliphatic carbocycles. The van der Waals surface area contributed by atoms with Gasteiger partial charge >= 0.3 is 6.61 Å². The number of ether oxygens (including phenoxy) is 1. The minimum atomic E-state index is -3.00. The van der Waals surface area contributed by atoms with E-state index in [1.165, 1.54) is 12.3 Å². The second kappa shape index (κ2) is 6.52. The van der Waals surface area contributed by atoms with Gasteiger partial charge in [0.05, 0.1) is 10.6 Å². The highest BCUT2D eigenvalue weighted by Gasteiger charge is 2.20. The van der Waals surface area contributed by atoms with Crippen LogP contribution in [0, 0.1) is 6.92 Å². The van der Waals surface area contributed by atoms with E-state index in [9.17, 15) is 8.78 Å². The van der Waals surface area contributed by atoms with Crippen molar-refractivity contribution in [3.05, 3.63) is 47.1 Å². The highest BCUT2D eigenvalue weighted by molar-refractivity contribution is 6.30. The lowest BCUT2D eigenvalue weighted by molar-refractivity contribution is -0.0524. The molecule has 2 aromatic heterocycles. The summed E-state index contributed by atoms with van der Waals surface area (Å²) in [4.78, 5) is 3.82. The van der Waals surface area contributed by atoms with Crippen molar-refractivity contribution in [1.29, 1.82) is 0 Å². The molecule has 0 radical (unpaired) electrons. The highest BCUT2D eigenvalue weighted by Crippen LogP contribution is 2.32. The molecule has 0 atom stereocenters. The summed E-state index contributed by atoms with van der Waals surface area (Å²) >= 11 is 5.94. The number of halogens is 3. The summed E-state index contributed by atoms with van der Waals surface area (Å²) in [5, 5.41) is 8.56. The van der Waals surface area contributed by atoms with Crippen LogP contribution in [-0.4, -0.2) is 26.4 Å². The Kier molecular flexibility index (Phi) is 4.44. The number of hydrogen-bond acceptors (Lipinski definition) is 4. The smallest absolute Gasteiger partial charge is 0.388 e. The average molecular weight is 351 g/mol. The van der Waals surface area contributed by atoms with Gasteiger partial charge in [0, 0.05) is 18.8 Å². The number of alkyl halides is 2. The highest BCUT2D eigenvalue weighted by atomic mass is 35.5. The van der Waals surface area contributed by atoms with Gasteiger partial charge in [-0.2, -0.15) is 8.78 Å². The molecule has 3 aromatic rings. The molecule has 0 saturated heterocycles. The predicted octanol–water partition coefficient (Wildman–Crippen LogP) is 4.11. The minimum Gasteiger partial charge on any atom is -0.416 e. The van der Waals surface area contributed by atoms with Gasteiger partial charge < -0.3 is 9.30 Å². The minimum absolute atomic E-state index is 0.248. The molecule has 0 aliphatic heterocycles. The Labute approximate surface area is 141 Å². The standard InChI is InChI=1S/C16H13ClF2N4O/c1-9-5-3-4-6-11(9)13-21-22-14(23(13)2)12-7-10(17)8-20-15(12)24-16(18)19/h3-8,16H,1-2H3. The van der Waals surface area contributed by atoms with E-state index >= 15 is 0 Å². The number of benzene rings is 1. The van der Waals surface area contributed by atoms with Crippen molar-refractivity contribution in [2.75, 3.05) is 0 Å². The Balaban J connectivity index is 2.12. The monoisotopic (exact) mass is 350 g/mol. The fraction of sp³-hybridized carbons (Fsp3) is 0.188. The van der Waals surface area contributed by atoms with E-state index in [4.69, 9.17) is 11.6 Å². The van der Waals surface area contributed by atoms with Crippen LogP contribution in [0.4, 0.5) is 8.78 Å². The fourth-order valence-corrected chi connectivity index (χ4v) is 2.55. The molecule has 1 aromatic carbocycles. The lowest BCUT2D eigenvalue weighted by Gasteiger charge is -2.10. The summed E-state index contributed by atoms with van der Waals surface area (Å²) in [5.41, 5.74) is 2.16. The molecule has 0 spiro atoms. The van der Waals surface area contributed by atoms with Gasteiger partial charge in [-0.3, -0.25) is 0 Å². The van der Waals surface area contributed by atoms with Gasteiger partial charge in [-0.05, 0) is 18.6 Å². The summed E-state index contributed by atoms with van der Waals surface area (Å²) in [6.07, 6.45) is 1.24. The second-order valence-electron chi connectivity index (χ2n) is 5.11. The van der Waals surface area contributed by atoms with Crippen LogP contribution in [0.25, 0.3) is 22.8 Å². The van der Waals surface area contributed by atoms with E-state index in [1.54, 1.807) is 11.6 Å². The molecule has 5 nitrogen and oxygen atoms in total. The van der Waals surface area contributed by atoms with Gasteiger partial charge in [-0.15, -0.1) is 10.2 Å². The van der Waals surface area contributed by atoms with Gasteiger partial charge in [0.1, 0.15) is 0 Å². The molecule has 0 saturated carbocycles. The number of hydrogen-bond donors (Lipinski definition) is 0. The number of aromatic nitrogens is 4. The number of nitrogens with zero attached hydrogens (tertiary/aromatic N) is 4. The Morgan fingerprint density at radius 1 is 1.12 bits per heavy atom. The Morgan fingerprint density at radius 2 is 1.79 bits per heavy atom. The van der Waals surface area contributed by atoms with Crippen LogP contribution in [0.3, 0.4) is 0 Å². The fourth-order valence-electron chi connectivity index (χ4n) is 2.39. The molecule has 0 aliphatic rings. The third-order valence-electron chi connectivity index (χ3n) is 3.52. The molecule has 8 heteroatoms. The Bertz CT molecular complexity index is 882. The van der Waals surface area contributed by atoms with Crippen LogP contribution in [0.5, 0.6) is 5.88 Å². The Morgan fingerprint density at radius 3 is 2.46 bits per heavy atom. The van der Waals surface area contributed by atoms with Crippen molar-refractivity contribution in [3.8, 4) is 28.7 Å². The first-order valence-electron chi connectivity index (χ1n) is 7.03. The van der Waals surface area contributed by atoms with Crippen LogP contribution in [0.1, 0.15) is 5.56 Å². The molecule has 0 bridgehead atoms. The van der Waals surface area contributed by atoms with Gasteiger partial charge in [0.25, 0.3) is 0 Å². The zero-order valence-electron chi connectivity index (χ0n) is 12.9. The normalized spacial score (nSPS) is 11.1. The SMILES string of the molecule is Cc1ccccc1-c1nnc(-c2cc(Cl)cnc2OC(F)F)n1C. The number of aryl methyl sites for hydroxylation is 1. The first-order chi connectivity index (χ1) is 11.5. The summed E-state index contributed by atoms with van der Waals surface area (Å²) < 4.78 is 31.4. The van der Waals surface area contributed by atoms with E-state index in [2.05, 4.69) is 19.9 Å². The maximum absolute atomic E-state index is 12.6. The van der Waals surface area contributed by atoms with E-state index in [0.29, 0.717) is 11.6 Å². The van der Waals surface area contributed by atoms with Crippen molar-refractivity contribution in [2.24, 2.45) is 7.05 Å². The van der Waals surface area contributed by atoms with Gasteiger partial charge in [0.15, 0.2) is 11.6 Å². The van der Waals surface area contributed by atoms with Gasteiger partial charge in [-0.1, -0.05) is 35.9 Å². The van der Waals surface area contributed by atoms with Crippen molar-refractivity contribution in [2.45, 2.75) is 13.5 Å². The van der Waals surface area contributed by atoms with Crippen molar-refractivity contribution in [3.63, 3.8) is 0 Å². The van der Waals surface area contributed by atoms with E-state index in [-0.39, 0.29) is 16.5 Å². The van der Waals surface area contributed by atoms with Gasteiger partial charge in [-0.25, -0.2) is 4.98 Å². The average Bonchev–Trinajstić information content (AvgIpc) is 2.91. The predicted molar refractivity (Wildman–Crippen MR) is 86.0 cm³/mol. The summed E-state index contributed by atoms with van der Waals surface area (Å²) in [7, 11) is 1.74. The zero-order chi connectivity index (χ0) is 17.3. The maximum atomic E-state index is 12.6. The second-order valence-corrected chi connectivity index (χ2v) is 5.54. The molecule has 3 rings (SSSR count). The van der Waals surface area contributed by atoms with Crippen molar-refractivity contribution >= 4 is 11.6 Å². The summed E-state index contributed by atoms with van der Waals surface area (Å²) in [6, 6.07) is 9.15. The molecular formula is C16H13ClF2N4O. The molecular weight excluding hydrogens is 338 g/mol. The van der Waals surface area contributed by atoms with Crippen LogP contribution >= 0.6 is 11.6 Å². The van der Waals surface area contributed by atoms with Crippen LogP contribution in [0.15, 0.2) is 36.5 Å². The van der Waals surface area contributed by atoms with Crippen LogP contribution in [0.2, 0.25) is 5.02 Å². The molecule has 0 N–H and O–H groups in total. The lowest BCUT2D eigenvalue weighted by Crippen LogP contribution is -2.06. The van der Waals surface area contributed by atoms with E-state index in [0.717, 1.165) is 11.1 Å². The van der Waals surface area contributed by atoms with Crippen molar-refractivity contribution < 1.29 is 13.5 Å². The lowest BCUT2D eigenvalue weighted by atomic mass is 10.1. The van der Waals surface area contributed by atoms with Crippen LogP contribution < -0.4 is 4.74 Å². The molecule has 0 amide bonds. The third-order valence-corrected chi connectivity index (χ3v) is 3.73. The van der Waals surface area contributed by atoms with Crippen molar-refractivity contribution in [1.82, 2.24) is 19.7 Å². The van der Waals surface area contributed by atoms with E-state index < -0.39 is 6.61 Å². The first-order valence-corrected chi connectivity index (χ1v) is 7.41. The molecule has 2 heterocycles. The Hall–Kier alpha value is -2.54. The number of rotatable bonds is 4. The summed E-state index contributed by atoms with van der Waals surface area (Å²) in [6.45, 7) is -1.04. The largest absolute Gasteiger partial charge is 0.416 e. The molecule has 0 fully saturated rings. The van der Waals surface area contributed by atoms with Crippen LogP contribution in [-0.2, 0) is 7.05 Å². The molecule has 24 heavy (non-hydrogen) atoms. The van der Waals surface area contributed by atoms with E-state index in [1.807, 2.05) is 31.2 Å². The molecule has 0 unspecified atom stereocenters. The molecule has 124 valence electrons. The topological polar surface area (TPSA) is 52.8 Å². The quantitative estimate of drug-likeness (QED) is 0.710. The summed E-state index contributed by atoms with van der Waals surface area (Å²) in [5.74, 6) is 0.686.